The molecule has 0 spiro atoms. The Bertz CT molecular complexity index is 961. The molecular weight excluding hydrogens is 320 g/mol. The van der Waals surface area contributed by atoms with E-state index in [2.05, 4.69) is 33.0 Å². The Morgan fingerprint density at radius 1 is 0.958 bits per heavy atom. The number of para-hydroxylation sites is 3. The number of rotatable bonds is 5. The van der Waals surface area contributed by atoms with E-state index in [0.29, 0.717) is 17.5 Å². The van der Waals surface area contributed by atoms with Gasteiger partial charge in [0.25, 0.3) is 0 Å². The van der Waals surface area contributed by atoms with E-state index in [4.69, 9.17) is 9.40 Å². The van der Waals surface area contributed by atoms with Gasteiger partial charge in [0.1, 0.15) is 0 Å². The standard InChI is InChI=1S/C18H16N4OS/c1-2-16-20-21-17(23-16)12-24-18-19-14-10-6-7-11-15(14)22(18)13-8-4-3-5-9-13/h3-11H,2,12H2,1H3. The summed E-state index contributed by atoms with van der Waals surface area (Å²) in [5.74, 6) is 1.90. The van der Waals surface area contributed by atoms with Crippen LogP contribution in [0.1, 0.15) is 18.7 Å². The van der Waals surface area contributed by atoms with E-state index < -0.39 is 0 Å². The molecule has 0 saturated carbocycles. The van der Waals surface area contributed by atoms with Crippen LogP contribution in [0, 0.1) is 0 Å². The molecule has 0 saturated heterocycles. The Hall–Kier alpha value is -2.60. The molecule has 0 fully saturated rings. The third kappa shape index (κ3) is 2.80. The van der Waals surface area contributed by atoms with Crippen LogP contribution in [0.4, 0.5) is 0 Å². The molecule has 0 aliphatic rings. The Kier molecular flexibility index (Phi) is 4.04. The lowest BCUT2D eigenvalue weighted by Gasteiger charge is -2.08. The summed E-state index contributed by atoms with van der Waals surface area (Å²) in [4.78, 5) is 4.77. The molecule has 0 N–H and O–H groups in total. The lowest BCUT2D eigenvalue weighted by molar-refractivity contribution is 0.470. The number of imidazole rings is 1. The van der Waals surface area contributed by atoms with Gasteiger partial charge in [-0.2, -0.15) is 0 Å². The number of thioether (sulfide) groups is 1. The third-order valence-corrected chi connectivity index (χ3v) is 4.60. The maximum atomic E-state index is 5.59. The number of aromatic nitrogens is 4. The van der Waals surface area contributed by atoms with Crippen molar-refractivity contribution in [1.29, 1.82) is 0 Å². The van der Waals surface area contributed by atoms with Crippen LogP contribution >= 0.6 is 11.8 Å². The van der Waals surface area contributed by atoms with E-state index in [1.54, 1.807) is 11.8 Å². The summed E-state index contributed by atoms with van der Waals surface area (Å²) in [6, 6.07) is 18.4. The fraction of sp³-hybridized carbons (Fsp3) is 0.167. The minimum absolute atomic E-state index is 0.600. The number of benzene rings is 2. The van der Waals surface area contributed by atoms with Gasteiger partial charge in [0.15, 0.2) is 5.16 Å². The van der Waals surface area contributed by atoms with E-state index in [1.165, 1.54) is 0 Å². The van der Waals surface area contributed by atoms with Gasteiger partial charge in [-0.1, -0.05) is 49.0 Å². The van der Waals surface area contributed by atoms with Crippen molar-refractivity contribution >= 4 is 22.8 Å². The highest BCUT2D eigenvalue weighted by atomic mass is 32.2. The highest BCUT2D eigenvalue weighted by Gasteiger charge is 2.14. The zero-order chi connectivity index (χ0) is 16.4. The first kappa shape index (κ1) is 15.0. The van der Waals surface area contributed by atoms with Crippen molar-refractivity contribution in [2.75, 3.05) is 0 Å². The Morgan fingerprint density at radius 3 is 2.50 bits per heavy atom. The van der Waals surface area contributed by atoms with Gasteiger partial charge >= 0.3 is 0 Å². The molecule has 5 nitrogen and oxygen atoms in total. The van der Waals surface area contributed by atoms with Crippen molar-refractivity contribution in [2.24, 2.45) is 0 Å². The molecule has 2 aromatic carbocycles. The monoisotopic (exact) mass is 336 g/mol. The van der Waals surface area contributed by atoms with E-state index in [0.717, 1.165) is 28.3 Å². The maximum Gasteiger partial charge on any atom is 0.226 e. The minimum Gasteiger partial charge on any atom is -0.424 e. The van der Waals surface area contributed by atoms with E-state index in [1.807, 2.05) is 43.3 Å². The molecule has 0 aliphatic carbocycles. The van der Waals surface area contributed by atoms with Crippen LogP contribution in [-0.4, -0.2) is 19.7 Å². The topological polar surface area (TPSA) is 56.7 Å². The smallest absolute Gasteiger partial charge is 0.226 e. The molecule has 2 heterocycles. The van der Waals surface area contributed by atoms with Crippen LogP contribution in [0.2, 0.25) is 0 Å². The van der Waals surface area contributed by atoms with E-state index >= 15 is 0 Å². The molecule has 0 unspecified atom stereocenters. The Balaban J connectivity index is 1.71. The minimum atomic E-state index is 0.600. The van der Waals surface area contributed by atoms with Crippen LogP contribution in [-0.2, 0) is 12.2 Å². The fourth-order valence-electron chi connectivity index (χ4n) is 2.54. The molecule has 0 amide bonds. The first-order valence-electron chi connectivity index (χ1n) is 7.82. The second-order valence-corrected chi connectivity index (χ2v) is 6.23. The molecule has 2 aromatic heterocycles. The van der Waals surface area contributed by atoms with Crippen LogP contribution < -0.4 is 0 Å². The summed E-state index contributed by atoms with van der Waals surface area (Å²) in [5, 5.41) is 9.01. The molecule has 4 aromatic rings. The number of hydrogen-bond acceptors (Lipinski definition) is 5. The van der Waals surface area contributed by atoms with Gasteiger partial charge in [-0.3, -0.25) is 4.57 Å². The average Bonchev–Trinajstić information content (AvgIpc) is 3.24. The SMILES string of the molecule is CCc1nnc(CSc2nc3ccccc3n2-c2ccccc2)o1. The molecule has 0 radical (unpaired) electrons. The van der Waals surface area contributed by atoms with Crippen LogP contribution in [0.5, 0.6) is 0 Å². The summed E-state index contributed by atoms with van der Waals surface area (Å²) in [5.41, 5.74) is 3.16. The second kappa shape index (κ2) is 6.49. The quantitative estimate of drug-likeness (QED) is 0.510. The van der Waals surface area contributed by atoms with Gasteiger partial charge in [-0.15, -0.1) is 10.2 Å². The molecule has 4 rings (SSSR count). The fourth-order valence-corrected chi connectivity index (χ4v) is 3.41. The highest BCUT2D eigenvalue weighted by Crippen LogP contribution is 2.29. The summed E-state index contributed by atoms with van der Waals surface area (Å²) < 4.78 is 7.76. The first-order chi connectivity index (χ1) is 11.8. The van der Waals surface area contributed by atoms with Crippen molar-refractivity contribution in [3.05, 3.63) is 66.4 Å². The molecule has 120 valence electrons. The largest absolute Gasteiger partial charge is 0.424 e. The van der Waals surface area contributed by atoms with Crippen LogP contribution in [0.25, 0.3) is 16.7 Å². The Morgan fingerprint density at radius 2 is 1.71 bits per heavy atom. The predicted octanol–water partition coefficient (Wildman–Crippen LogP) is 4.26. The zero-order valence-electron chi connectivity index (χ0n) is 13.2. The average molecular weight is 336 g/mol. The van der Waals surface area contributed by atoms with Crippen molar-refractivity contribution in [1.82, 2.24) is 19.7 Å². The lowest BCUT2D eigenvalue weighted by Crippen LogP contribution is -1.96. The van der Waals surface area contributed by atoms with E-state index in [-0.39, 0.29) is 0 Å². The maximum absolute atomic E-state index is 5.59. The molecular formula is C18H16N4OS. The summed E-state index contributed by atoms with van der Waals surface area (Å²) in [7, 11) is 0. The molecule has 24 heavy (non-hydrogen) atoms. The van der Waals surface area contributed by atoms with E-state index in [9.17, 15) is 0 Å². The van der Waals surface area contributed by atoms with Gasteiger partial charge in [-0.25, -0.2) is 4.98 Å². The normalized spacial score (nSPS) is 11.2. The van der Waals surface area contributed by atoms with Crippen molar-refractivity contribution < 1.29 is 4.42 Å². The molecule has 0 bridgehead atoms. The first-order valence-corrected chi connectivity index (χ1v) is 8.80. The van der Waals surface area contributed by atoms with Crippen LogP contribution in [0.15, 0.2) is 64.2 Å². The number of fused-ring (bicyclic) bond motifs is 1. The van der Waals surface area contributed by atoms with Crippen LogP contribution in [0.3, 0.4) is 0 Å². The highest BCUT2D eigenvalue weighted by molar-refractivity contribution is 7.98. The van der Waals surface area contributed by atoms with Gasteiger partial charge in [0, 0.05) is 12.1 Å². The number of hydrogen-bond donors (Lipinski definition) is 0. The lowest BCUT2D eigenvalue weighted by atomic mass is 10.3. The van der Waals surface area contributed by atoms with Gasteiger partial charge in [0.05, 0.1) is 16.8 Å². The summed E-state index contributed by atoms with van der Waals surface area (Å²) >= 11 is 1.60. The van der Waals surface area contributed by atoms with Crippen molar-refractivity contribution in [2.45, 2.75) is 24.3 Å². The van der Waals surface area contributed by atoms with Gasteiger partial charge < -0.3 is 4.42 Å². The summed E-state index contributed by atoms with van der Waals surface area (Å²) in [6.07, 6.45) is 0.750. The summed E-state index contributed by atoms with van der Waals surface area (Å²) in [6.45, 7) is 2.00. The third-order valence-electron chi connectivity index (χ3n) is 3.68. The van der Waals surface area contributed by atoms with Crippen molar-refractivity contribution in [3.8, 4) is 5.69 Å². The second-order valence-electron chi connectivity index (χ2n) is 5.29. The van der Waals surface area contributed by atoms with Crippen molar-refractivity contribution in [3.63, 3.8) is 0 Å². The Labute approximate surface area is 143 Å². The zero-order valence-corrected chi connectivity index (χ0v) is 14.0. The van der Waals surface area contributed by atoms with Gasteiger partial charge in [-0.05, 0) is 24.3 Å². The predicted molar refractivity (Wildman–Crippen MR) is 94.3 cm³/mol. The number of nitrogens with zero attached hydrogens (tertiary/aromatic N) is 4. The molecule has 0 atom stereocenters. The number of aryl methyl sites for hydroxylation is 1. The molecule has 0 aliphatic heterocycles. The molecule has 6 heteroatoms. The van der Waals surface area contributed by atoms with Gasteiger partial charge in [0.2, 0.25) is 11.8 Å².